The van der Waals surface area contributed by atoms with Gasteiger partial charge < -0.3 is 9.30 Å². The number of amides is 1. The molecule has 8 heteroatoms. The number of hydrogen-bond acceptors (Lipinski definition) is 5. The molecule has 0 aromatic carbocycles. The molecule has 3 rings (SSSR count). The predicted molar refractivity (Wildman–Crippen MR) is 113 cm³/mol. The summed E-state index contributed by atoms with van der Waals surface area (Å²) in [5.74, 6) is -1.20. The van der Waals surface area contributed by atoms with Gasteiger partial charge in [-0.25, -0.2) is 9.78 Å². The van der Waals surface area contributed by atoms with Gasteiger partial charge in [-0.1, -0.05) is 33.8 Å². The van der Waals surface area contributed by atoms with Crippen LogP contribution in [0.3, 0.4) is 0 Å². The van der Waals surface area contributed by atoms with Crippen molar-refractivity contribution in [3.05, 3.63) is 51.9 Å². The van der Waals surface area contributed by atoms with Gasteiger partial charge in [0, 0.05) is 18.7 Å². The van der Waals surface area contributed by atoms with Crippen LogP contribution in [-0.4, -0.2) is 32.4 Å². The van der Waals surface area contributed by atoms with Crippen LogP contribution in [0.1, 0.15) is 45.0 Å². The van der Waals surface area contributed by atoms with Crippen molar-refractivity contribution in [2.75, 3.05) is 6.61 Å². The molecule has 8 nitrogen and oxygen atoms in total. The third kappa shape index (κ3) is 4.03. The smallest absolute Gasteiger partial charge is 0.341 e. The number of ether oxygens (including phenoxy) is 1. The maximum Gasteiger partial charge on any atom is 0.341 e. The SMILES string of the molecule is CCOC(=O)c1cc2c(=O)n3ccccc3nc2n(CC(C)C)c1=NC(=O)C(C)C. The average Bonchev–Trinajstić information content (AvgIpc) is 2.69. The number of esters is 1. The van der Waals surface area contributed by atoms with E-state index in [0.29, 0.717) is 17.8 Å². The van der Waals surface area contributed by atoms with E-state index in [-0.39, 0.29) is 46.3 Å². The molecule has 1 amide bonds. The van der Waals surface area contributed by atoms with Crippen molar-refractivity contribution in [2.45, 2.75) is 41.2 Å². The molecule has 3 aromatic rings. The number of fused-ring (bicyclic) bond motifs is 2. The maximum absolute atomic E-state index is 13.2. The van der Waals surface area contributed by atoms with Crippen molar-refractivity contribution >= 4 is 28.6 Å². The lowest BCUT2D eigenvalue weighted by atomic mass is 10.1. The van der Waals surface area contributed by atoms with Crippen LogP contribution in [0.15, 0.2) is 40.2 Å². The molecule has 0 aliphatic rings. The van der Waals surface area contributed by atoms with Gasteiger partial charge in [-0.05, 0) is 31.0 Å². The fourth-order valence-electron chi connectivity index (χ4n) is 3.13. The van der Waals surface area contributed by atoms with Crippen molar-refractivity contribution in [3.63, 3.8) is 0 Å². The number of nitrogens with zero attached hydrogens (tertiary/aromatic N) is 4. The molecule has 0 N–H and O–H groups in total. The van der Waals surface area contributed by atoms with Gasteiger partial charge in [0.05, 0.1) is 12.0 Å². The van der Waals surface area contributed by atoms with Gasteiger partial charge in [0.25, 0.3) is 5.56 Å². The highest BCUT2D eigenvalue weighted by Gasteiger charge is 2.20. The number of hydrogen-bond donors (Lipinski definition) is 0. The summed E-state index contributed by atoms with van der Waals surface area (Å²) >= 11 is 0. The first-order chi connectivity index (χ1) is 14.2. The Kier molecular flexibility index (Phi) is 6.14. The first-order valence-corrected chi connectivity index (χ1v) is 10.0. The molecule has 0 unspecified atom stereocenters. The monoisotopic (exact) mass is 410 g/mol. The highest BCUT2D eigenvalue weighted by Crippen LogP contribution is 2.13. The van der Waals surface area contributed by atoms with Gasteiger partial charge in [-0.3, -0.25) is 14.0 Å². The minimum absolute atomic E-state index is 0.0776. The minimum atomic E-state index is -0.634. The second kappa shape index (κ2) is 8.61. The molecule has 0 fully saturated rings. The summed E-state index contributed by atoms with van der Waals surface area (Å²) in [5.41, 5.74) is 0.787. The number of aromatic nitrogens is 3. The fourth-order valence-corrected chi connectivity index (χ4v) is 3.13. The zero-order chi connectivity index (χ0) is 22.0. The predicted octanol–water partition coefficient (Wildman–Crippen LogP) is 2.57. The molecule has 0 saturated heterocycles. The Balaban J connectivity index is 2.55. The van der Waals surface area contributed by atoms with Crippen LogP contribution < -0.4 is 11.0 Å². The molecular formula is C22H26N4O4. The average molecular weight is 410 g/mol. The minimum Gasteiger partial charge on any atom is -0.462 e. The van der Waals surface area contributed by atoms with Crippen molar-refractivity contribution in [2.24, 2.45) is 16.8 Å². The van der Waals surface area contributed by atoms with Crippen LogP contribution in [0.4, 0.5) is 0 Å². The summed E-state index contributed by atoms with van der Waals surface area (Å²) in [4.78, 5) is 47.3. The van der Waals surface area contributed by atoms with E-state index in [1.54, 1.807) is 49.7 Å². The fraction of sp³-hybridized carbons (Fsp3) is 0.409. The van der Waals surface area contributed by atoms with E-state index >= 15 is 0 Å². The quantitative estimate of drug-likeness (QED) is 0.476. The van der Waals surface area contributed by atoms with Gasteiger partial charge in [-0.2, -0.15) is 4.99 Å². The van der Waals surface area contributed by atoms with E-state index in [2.05, 4.69) is 9.98 Å². The molecule has 0 bridgehead atoms. The van der Waals surface area contributed by atoms with Crippen LogP contribution >= 0.6 is 0 Å². The summed E-state index contributed by atoms with van der Waals surface area (Å²) in [6.07, 6.45) is 1.63. The molecule has 3 heterocycles. The summed E-state index contributed by atoms with van der Waals surface area (Å²) in [6, 6.07) is 6.70. The topological polar surface area (TPSA) is 95.0 Å². The van der Waals surface area contributed by atoms with E-state index in [1.165, 1.54) is 10.5 Å². The van der Waals surface area contributed by atoms with Crippen molar-refractivity contribution in [1.82, 2.24) is 14.0 Å². The molecule has 0 radical (unpaired) electrons. The van der Waals surface area contributed by atoms with Crippen LogP contribution in [-0.2, 0) is 16.1 Å². The maximum atomic E-state index is 13.2. The third-order valence-corrected chi connectivity index (χ3v) is 4.54. The summed E-state index contributed by atoms with van der Waals surface area (Å²) in [7, 11) is 0. The van der Waals surface area contributed by atoms with E-state index in [4.69, 9.17) is 4.74 Å². The molecular weight excluding hydrogens is 384 g/mol. The third-order valence-electron chi connectivity index (χ3n) is 4.54. The Labute approximate surface area is 173 Å². The van der Waals surface area contributed by atoms with Crippen LogP contribution in [0.2, 0.25) is 0 Å². The lowest BCUT2D eigenvalue weighted by molar-refractivity contribution is -0.120. The Morgan fingerprint density at radius 2 is 1.93 bits per heavy atom. The molecule has 0 atom stereocenters. The Bertz CT molecular complexity index is 1250. The van der Waals surface area contributed by atoms with Crippen molar-refractivity contribution < 1.29 is 14.3 Å². The molecule has 0 aliphatic heterocycles. The van der Waals surface area contributed by atoms with Crippen LogP contribution in [0, 0.1) is 11.8 Å². The highest BCUT2D eigenvalue weighted by molar-refractivity contribution is 5.93. The second-order valence-electron chi connectivity index (χ2n) is 7.79. The van der Waals surface area contributed by atoms with Gasteiger partial charge in [0.15, 0.2) is 5.49 Å². The van der Waals surface area contributed by atoms with Gasteiger partial charge in [0.1, 0.15) is 16.9 Å². The van der Waals surface area contributed by atoms with E-state index in [0.717, 1.165) is 0 Å². The molecule has 0 spiro atoms. The Morgan fingerprint density at radius 1 is 1.20 bits per heavy atom. The molecule has 0 saturated carbocycles. The number of carbonyl (C=O) groups excluding carboxylic acids is 2. The van der Waals surface area contributed by atoms with Gasteiger partial charge >= 0.3 is 5.97 Å². The van der Waals surface area contributed by atoms with E-state index < -0.39 is 5.97 Å². The lowest BCUT2D eigenvalue weighted by Gasteiger charge is -2.16. The van der Waals surface area contributed by atoms with Crippen molar-refractivity contribution in [3.8, 4) is 0 Å². The second-order valence-corrected chi connectivity index (χ2v) is 7.79. The Hall–Kier alpha value is -3.29. The number of carbonyl (C=O) groups is 2. The molecule has 3 aromatic heterocycles. The normalized spacial score (nSPS) is 12.3. The standard InChI is InChI=1S/C22H26N4O4/c1-6-30-22(29)16-11-15-18(23-17-9-7-8-10-25(17)21(15)28)26(12-13(2)3)19(16)24-20(27)14(4)5/h7-11,13-14H,6,12H2,1-5H3. The van der Waals surface area contributed by atoms with E-state index in [1.807, 2.05) is 13.8 Å². The summed E-state index contributed by atoms with van der Waals surface area (Å²) < 4.78 is 8.30. The zero-order valence-corrected chi connectivity index (χ0v) is 17.9. The first-order valence-electron chi connectivity index (χ1n) is 10.0. The van der Waals surface area contributed by atoms with Crippen molar-refractivity contribution in [1.29, 1.82) is 0 Å². The summed E-state index contributed by atoms with van der Waals surface area (Å²) in [6.45, 7) is 9.75. The van der Waals surface area contributed by atoms with Gasteiger partial charge in [-0.15, -0.1) is 0 Å². The number of rotatable bonds is 5. The van der Waals surface area contributed by atoms with Crippen LogP contribution in [0.5, 0.6) is 0 Å². The largest absolute Gasteiger partial charge is 0.462 e. The molecule has 0 aliphatic carbocycles. The zero-order valence-electron chi connectivity index (χ0n) is 17.9. The summed E-state index contributed by atoms with van der Waals surface area (Å²) in [5, 5.41) is 0.262. The van der Waals surface area contributed by atoms with Gasteiger partial charge in [0.2, 0.25) is 5.91 Å². The molecule has 158 valence electrons. The van der Waals surface area contributed by atoms with Crippen LogP contribution in [0.25, 0.3) is 16.7 Å². The van der Waals surface area contributed by atoms with E-state index in [9.17, 15) is 14.4 Å². The Morgan fingerprint density at radius 3 is 2.57 bits per heavy atom. The highest BCUT2D eigenvalue weighted by atomic mass is 16.5. The number of pyridine rings is 2. The first kappa shape index (κ1) is 21.4. The molecule has 30 heavy (non-hydrogen) atoms. The lowest BCUT2D eigenvalue weighted by Crippen LogP contribution is -2.34.